The summed E-state index contributed by atoms with van der Waals surface area (Å²) in [7, 11) is 0. The van der Waals surface area contributed by atoms with Gasteiger partial charge in [-0.15, -0.1) is 0 Å². The number of ether oxygens (including phenoxy) is 1. The molecule has 1 saturated heterocycles. The van der Waals surface area contributed by atoms with Crippen LogP contribution < -0.4 is 10.2 Å². The summed E-state index contributed by atoms with van der Waals surface area (Å²) in [6.07, 6.45) is 0.934. The SMILES string of the molecule is CCc1cc(NCc2ccccc2N2CCOCC2)c2ccccc2n1. The standard InChI is InChI=1S/C22H25N3O/c1-2-18-15-21(19-8-4-5-9-20(19)24-18)23-16-17-7-3-6-10-22(17)25-11-13-26-14-12-25/h3-10,15H,2,11-14,16H2,1H3,(H,23,24). The molecule has 2 heterocycles. The minimum atomic E-state index is 0.796. The molecule has 4 rings (SSSR count). The van der Waals surface area contributed by atoms with Crippen molar-refractivity contribution in [3.05, 3.63) is 65.9 Å². The second-order valence-corrected chi connectivity index (χ2v) is 6.61. The number of nitrogens with zero attached hydrogens (tertiary/aromatic N) is 2. The van der Waals surface area contributed by atoms with E-state index in [9.17, 15) is 0 Å². The molecule has 0 unspecified atom stereocenters. The highest BCUT2D eigenvalue weighted by atomic mass is 16.5. The van der Waals surface area contributed by atoms with Crippen molar-refractivity contribution in [3.8, 4) is 0 Å². The number of hydrogen-bond acceptors (Lipinski definition) is 4. The van der Waals surface area contributed by atoms with Crippen LogP contribution >= 0.6 is 0 Å². The minimum Gasteiger partial charge on any atom is -0.380 e. The van der Waals surface area contributed by atoms with Gasteiger partial charge in [0.05, 0.1) is 18.7 Å². The Morgan fingerprint density at radius 1 is 1.04 bits per heavy atom. The summed E-state index contributed by atoms with van der Waals surface area (Å²) >= 11 is 0. The lowest BCUT2D eigenvalue weighted by Gasteiger charge is -2.30. The summed E-state index contributed by atoms with van der Waals surface area (Å²) in [6, 6.07) is 19.2. The van der Waals surface area contributed by atoms with Gasteiger partial charge in [0.1, 0.15) is 0 Å². The zero-order valence-corrected chi connectivity index (χ0v) is 15.2. The molecule has 0 amide bonds. The number of nitrogens with one attached hydrogen (secondary N) is 1. The molecule has 0 aliphatic carbocycles. The van der Waals surface area contributed by atoms with Gasteiger partial charge in [0.2, 0.25) is 0 Å². The summed E-state index contributed by atoms with van der Waals surface area (Å²) in [5, 5.41) is 4.83. The molecule has 1 N–H and O–H groups in total. The summed E-state index contributed by atoms with van der Waals surface area (Å²) in [5.74, 6) is 0. The number of anilines is 2. The van der Waals surface area contributed by atoms with Crippen molar-refractivity contribution in [2.45, 2.75) is 19.9 Å². The maximum atomic E-state index is 5.50. The average molecular weight is 347 g/mol. The Bertz CT molecular complexity index is 887. The largest absolute Gasteiger partial charge is 0.380 e. The highest BCUT2D eigenvalue weighted by molar-refractivity contribution is 5.91. The van der Waals surface area contributed by atoms with E-state index in [0.29, 0.717) is 0 Å². The van der Waals surface area contributed by atoms with E-state index >= 15 is 0 Å². The van der Waals surface area contributed by atoms with Gasteiger partial charge in [0, 0.05) is 42.1 Å². The topological polar surface area (TPSA) is 37.4 Å². The van der Waals surface area contributed by atoms with Crippen LogP contribution in [0.3, 0.4) is 0 Å². The molecule has 0 bridgehead atoms. The fourth-order valence-electron chi connectivity index (χ4n) is 3.52. The van der Waals surface area contributed by atoms with Crippen molar-refractivity contribution < 1.29 is 4.74 Å². The quantitative estimate of drug-likeness (QED) is 0.749. The Hall–Kier alpha value is -2.59. The third kappa shape index (κ3) is 3.51. The Balaban J connectivity index is 1.61. The normalized spacial score (nSPS) is 14.6. The fourth-order valence-corrected chi connectivity index (χ4v) is 3.52. The first kappa shape index (κ1) is 16.9. The Labute approximate surface area is 154 Å². The monoisotopic (exact) mass is 347 g/mol. The van der Waals surface area contributed by atoms with Crippen LogP contribution in [0.25, 0.3) is 10.9 Å². The predicted molar refractivity (Wildman–Crippen MR) is 108 cm³/mol. The summed E-state index contributed by atoms with van der Waals surface area (Å²) in [4.78, 5) is 7.16. The van der Waals surface area contributed by atoms with E-state index in [1.807, 2.05) is 6.07 Å². The smallest absolute Gasteiger partial charge is 0.0726 e. The van der Waals surface area contributed by atoms with E-state index < -0.39 is 0 Å². The Kier molecular flexibility index (Phi) is 5.02. The molecular formula is C22H25N3O. The minimum absolute atomic E-state index is 0.796. The Morgan fingerprint density at radius 3 is 2.65 bits per heavy atom. The molecule has 0 saturated carbocycles. The van der Waals surface area contributed by atoms with Crippen LogP contribution in [-0.4, -0.2) is 31.3 Å². The average Bonchev–Trinajstić information content (AvgIpc) is 2.72. The molecule has 26 heavy (non-hydrogen) atoms. The molecule has 4 nitrogen and oxygen atoms in total. The summed E-state index contributed by atoms with van der Waals surface area (Å²) < 4.78 is 5.50. The first-order valence-electron chi connectivity index (χ1n) is 9.38. The van der Waals surface area contributed by atoms with Gasteiger partial charge in [-0.05, 0) is 30.2 Å². The van der Waals surface area contributed by atoms with E-state index in [0.717, 1.165) is 56.2 Å². The molecule has 1 fully saturated rings. The van der Waals surface area contributed by atoms with Crippen LogP contribution in [0.15, 0.2) is 54.6 Å². The highest BCUT2D eigenvalue weighted by Gasteiger charge is 2.14. The van der Waals surface area contributed by atoms with Gasteiger partial charge in [-0.3, -0.25) is 4.98 Å². The molecule has 3 aromatic rings. The molecule has 1 aliphatic heterocycles. The maximum absolute atomic E-state index is 5.50. The van der Waals surface area contributed by atoms with Gasteiger partial charge in [0.25, 0.3) is 0 Å². The molecule has 0 atom stereocenters. The molecule has 4 heteroatoms. The lowest BCUT2D eigenvalue weighted by Crippen LogP contribution is -2.36. The van der Waals surface area contributed by atoms with Crippen LogP contribution in [0.5, 0.6) is 0 Å². The zero-order valence-electron chi connectivity index (χ0n) is 15.2. The van der Waals surface area contributed by atoms with Crippen molar-refractivity contribution in [1.29, 1.82) is 0 Å². The number of morpholine rings is 1. The molecule has 1 aliphatic rings. The molecule has 0 spiro atoms. The highest BCUT2D eigenvalue weighted by Crippen LogP contribution is 2.26. The van der Waals surface area contributed by atoms with Crippen LogP contribution in [0.1, 0.15) is 18.2 Å². The number of aromatic nitrogens is 1. The van der Waals surface area contributed by atoms with E-state index in [1.54, 1.807) is 0 Å². The number of benzene rings is 2. The lowest BCUT2D eigenvalue weighted by atomic mass is 10.1. The van der Waals surface area contributed by atoms with Crippen molar-refractivity contribution in [2.24, 2.45) is 0 Å². The second kappa shape index (κ2) is 7.75. The molecule has 2 aromatic carbocycles. The van der Waals surface area contributed by atoms with Crippen molar-refractivity contribution in [1.82, 2.24) is 4.98 Å². The van der Waals surface area contributed by atoms with Crippen LogP contribution in [-0.2, 0) is 17.7 Å². The third-order valence-corrected chi connectivity index (χ3v) is 4.94. The van der Waals surface area contributed by atoms with Crippen LogP contribution in [0.4, 0.5) is 11.4 Å². The van der Waals surface area contributed by atoms with Gasteiger partial charge in [-0.25, -0.2) is 0 Å². The predicted octanol–water partition coefficient (Wildman–Crippen LogP) is 4.25. The number of para-hydroxylation sites is 2. The number of fused-ring (bicyclic) bond motifs is 1. The van der Waals surface area contributed by atoms with E-state index in [1.165, 1.54) is 16.6 Å². The number of pyridine rings is 1. The van der Waals surface area contributed by atoms with Crippen LogP contribution in [0, 0.1) is 0 Å². The van der Waals surface area contributed by atoms with Gasteiger partial charge >= 0.3 is 0 Å². The number of hydrogen-bond donors (Lipinski definition) is 1. The van der Waals surface area contributed by atoms with Gasteiger partial charge < -0.3 is 15.0 Å². The first-order valence-corrected chi connectivity index (χ1v) is 9.38. The first-order chi connectivity index (χ1) is 12.8. The van der Waals surface area contributed by atoms with E-state index in [2.05, 4.69) is 65.7 Å². The molecule has 1 aromatic heterocycles. The van der Waals surface area contributed by atoms with Gasteiger partial charge in [-0.1, -0.05) is 43.3 Å². The van der Waals surface area contributed by atoms with Crippen molar-refractivity contribution >= 4 is 22.3 Å². The van der Waals surface area contributed by atoms with E-state index in [-0.39, 0.29) is 0 Å². The van der Waals surface area contributed by atoms with Crippen LogP contribution in [0.2, 0.25) is 0 Å². The maximum Gasteiger partial charge on any atom is 0.0726 e. The molecular weight excluding hydrogens is 322 g/mol. The van der Waals surface area contributed by atoms with Crippen molar-refractivity contribution in [3.63, 3.8) is 0 Å². The Morgan fingerprint density at radius 2 is 1.81 bits per heavy atom. The molecule has 134 valence electrons. The van der Waals surface area contributed by atoms with Crippen molar-refractivity contribution in [2.75, 3.05) is 36.5 Å². The zero-order chi connectivity index (χ0) is 17.8. The fraction of sp³-hybridized carbons (Fsp3) is 0.318. The number of rotatable bonds is 5. The summed E-state index contributed by atoms with van der Waals surface area (Å²) in [6.45, 7) is 6.46. The lowest BCUT2D eigenvalue weighted by molar-refractivity contribution is 0.122. The van der Waals surface area contributed by atoms with E-state index in [4.69, 9.17) is 9.72 Å². The second-order valence-electron chi connectivity index (χ2n) is 6.61. The third-order valence-electron chi connectivity index (χ3n) is 4.94. The summed E-state index contributed by atoms with van der Waals surface area (Å²) in [5.41, 5.74) is 5.94. The molecule has 0 radical (unpaired) electrons. The van der Waals surface area contributed by atoms with Gasteiger partial charge in [-0.2, -0.15) is 0 Å². The van der Waals surface area contributed by atoms with Gasteiger partial charge in [0.15, 0.2) is 0 Å². The number of aryl methyl sites for hydroxylation is 1.